The van der Waals surface area contributed by atoms with Gasteiger partial charge in [0, 0.05) is 41.9 Å². The molecule has 4 rings (SSSR count). The molecular formula is C28H22CuF6N6O2+2. The van der Waals surface area contributed by atoms with E-state index in [1.165, 1.54) is 61.5 Å². The molecule has 0 saturated heterocycles. The number of hydrogen-bond donors (Lipinski definition) is 0. The summed E-state index contributed by atoms with van der Waals surface area (Å²) in [7, 11) is 0. The Morgan fingerprint density at radius 3 is 1.26 bits per heavy atom. The van der Waals surface area contributed by atoms with E-state index in [4.69, 9.17) is 10.2 Å². The van der Waals surface area contributed by atoms with Crippen LogP contribution in [0.25, 0.3) is 0 Å². The van der Waals surface area contributed by atoms with E-state index in [0.717, 1.165) is 24.3 Å². The number of pyridine rings is 2. The molecule has 15 heteroatoms. The summed E-state index contributed by atoms with van der Waals surface area (Å²) in [5, 5.41) is 29.8. The van der Waals surface area contributed by atoms with Crippen LogP contribution in [-0.4, -0.2) is 44.4 Å². The number of aromatic nitrogens is 2. The Bertz CT molecular complexity index is 1460. The molecule has 2 heterocycles. The molecule has 1 radical (unpaired) electrons. The molecule has 2 aromatic heterocycles. The average Bonchev–Trinajstić information content (AvgIpc) is 2.98. The van der Waals surface area contributed by atoms with Crippen LogP contribution in [0.3, 0.4) is 0 Å². The summed E-state index contributed by atoms with van der Waals surface area (Å²) in [6, 6.07) is 15.8. The maximum Gasteiger partial charge on any atom is 0.416 e. The van der Waals surface area contributed by atoms with Gasteiger partial charge < -0.3 is 10.2 Å². The molecule has 0 saturated carbocycles. The predicted molar refractivity (Wildman–Crippen MR) is 147 cm³/mol. The molecule has 43 heavy (non-hydrogen) atoms. The van der Waals surface area contributed by atoms with E-state index in [0.29, 0.717) is 11.1 Å². The van der Waals surface area contributed by atoms with Gasteiger partial charge in [0.15, 0.2) is 0 Å². The van der Waals surface area contributed by atoms with E-state index in [9.17, 15) is 26.3 Å². The van der Waals surface area contributed by atoms with Gasteiger partial charge in [-0.1, -0.05) is 34.5 Å². The van der Waals surface area contributed by atoms with Crippen LogP contribution < -0.4 is 0 Å². The van der Waals surface area contributed by atoms with Crippen molar-refractivity contribution < 1.29 is 53.6 Å². The summed E-state index contributed by atoms with van der Waals surface area (Å²) in [5.41, 5.74) is 0.0518. The van der Waals surface area contributed by atoms with E-state index >= 15 is 0 Å². The van der Waals surface area contributed by atoms with Crippen LogP contribution in [0.15, 0.2) is 118 Å². The Kier molecular flexibility index (Phi) is 12.7. The summed E-state index contributed by atoms with van der Waals surface area (Å²) in [4.78, 5) is 7.61. The van der Waals surface area contributed by atoms with Gasteiger partial charge in [-0.15, -0.1) is 0 Å². The second-order valence-corrected chi connectivity index (χ2v) is 8.10. The van der Waals surface area contributed by atoms with E-state index in [-0.39, 0.29) is 40.0 Å². The third kappa shape index (κ3) is 11.5. The molecule has 0 bridgehead atoms. The van der Waals surface area contributed by atoms with E-state index < -0.39 is 23.5 Å². The molecular weight excluding hydrogens is 630 g/mol. The van der Waals surface area contributed by atoms with E-state index in [1.54, 1.807) is 24.3 Å². The molecule has 2 aromatic carbocycles. The first-order valence-electron chi connectivity index (χ1n) is 11.7. The zero-order valence-electron chi connectivity index (χ0n) is 21.6. The van der Waals surface area contributed by atoms with Crippen molar-refractivity contribution in [1.82, 2.24) is 9.97 Å². The predicted octanol–water partition coefficient (Wildman–Crippen LogP) is 5.21. The normalized spacial score (nSPS) is 12.5. The van der Waals surface area contributed by atoms with Crippen molar-refractivity contribution in [3.8, 4) is 0 Å². The molecule has 0 aliphatic carbocycles. The molecule has 0 unspecified atom stereocenters. The van der Waals surface area contributed by atoms with Crippen molar-refractivity contribution in [1.29, 1.82) is 0 Å². The van der Waals surface area contributed by atoms with Gasteiger partial charge in [-0.2, -0.15) is 36.5 Å². The van der Waals surface area contributed by atoms with Gasteiger partial charge in [-0.25, -0.2) is 0 Å². The molecule has 8 nitrogen and oxygen atoms in total. The van der Waals surface area contributed by atoms with Crippen molar-refractivity contribution in [3.63, 3.8) is 0 Å². The summed E-state index contributed by atoms with van der Waals surface area (Å²) in [5.74, 6) is -0.193. The fourth-order valence-corrected chi connectivity index (χ4v) is 3.03. The zero-order valence-corrected chi connectivity index (χ0v) is 22.6. The molecule has 0 aliphatic heterocycles. The van der Waals surface area contributed by atoms with Crippen LogP contribution in [-0.2, 0) is 29.4 Å². The van der Waals surface area contributed by atoms with Crippen molar-refractivity contribution >= 4 is 24.2 Å². The number of halogens is 6. The fourth-order valence-electron chi connectivity index (χ4n) is 3.03. The number of benzene rings is 2. The van der Waals surface area contributed by atoms with Crippen LogP contribution >= 0.6 is 0 Å². The monoisotopic (exact) mass is 651 g/mol. The number of nitrogens with zero attached hydrogens (tertiary/aromatic N) is 6. The molecule has 0 atom stereocenters. The van der Waals surface area contributed by atoms with Crippen molar-refractivity contribution in [2.24, 2.45) is 20.4 Å². The minimum atomic E-state index is -4.40. The smallest absolute Gasteiger partial charge is 0.416 e. The Morgan fingerprint density at radius 2 is 0.930 bits per heavy atom. The standard InChI is InChI=1S/2C14H10F3N3O.Cu/c2*15-14(16,17)12-3-1-2-10(8-12)9-19-20-13(21)11-4-6-18-7-5-11;/h2*1-9H,(H,20,21);/p+2/b2*19-9-;. The van der Waals surface area contributed by atoms with Crippen molar-refractivity contribution in [2.45, 2.75) is 12.4 Å². The van der Waals surface area contributed by atoms with E-state index in [1.807, 2.05) is 0 Å². The van der Waals surface area contributed by atoms with Crippen LogP contribution in [0, 0.1) is 0 Å². The van der Waals surface area contributed by atoms with Gasteiger partial charge in [0.1, 0.15) is 0 Å². The van der Waals surface area contributed by atoms with Crippen molar-refractivity contribution in [2.75, 3.05) is 0 Å². The summed E-state index contributed by atoms with van der Waals surface area (Å²) < 4.78 is 75.2. The third-order valence-corrected chi connectivity index (χ3v) is 5.06. The Labute approximate surface area is 251 Å². The number of alkyl halides is 6. The van der Waals surface area contributed by atoms with Gasteiger partial charge >= 0.3 is 24.1 Å². The Hall–Kier alpha value is -4.88. The minimum absolute atomic E-state index is 0. The first-order valence-corrected chi connectivity index (χ1v) is 11.7. The van der Waals surface area contributed by atoms with E-state index in [2.05, 4.69) is 30.4 Å². The molecule has 4 N–H and O–H groups in total. The maximum atomic E-state index is 12.5. The minimum Gasteiger partial charge on any atom is -0.577 e. The average molecular weight is 652 g/mol. The number of hydrogen-bond acceptors (Lipinski definition) is 6. The topological polar surface area (TPSA) is 121 Å². The Balaban J connectivity index is 0.000000293. The van der Waals surface area contributed by atoms with Gasteiger partial charge in [-0.3, -0.25) is 9.97 Å². The van der Waals surface area contributed by atoms with Gasteiger partial charge in [-0.05, 0) is 59.7 Å². The van der Waals surface area contributed by atoms with Crippen LogP contribution in [0.1, 0.15) is 33.4 Å². The first kappa shape index (κ1) is 34.3. The first-order chi connectivity index (χ1) is 19.9. The third-order valence-electron chi connectivity index (χ3n) is 5.06. The maximum absolute atomic E-state index is 12.5. The second-order valence-electron chi connectivity index (χ2n) is 8.10. The van der Waals surface area contributed by atoms with Crippen LogP contribution in [0.5, 0.6) is 0 Å². The molecule has 227 valence electrons. The van der Waals surface area contributed by atoms with Crippen molar-refractivity contribution in [3.05, 3.63) is 131 Å². The van der Waals surface area contributed by atoms with Crippen LogP contribution in [0.2, 0.25) is 0 Å². The largest absolute Gasteiger partial charge is 0.577 e. The molecule has 4 aromatic rings. The molecule has 0 amide bonds. The quantitative estimate of drug-likeness (QED) is 0.0710. The molecule has 0 spiro atoms. The second kappa shape index (κ2) is 15.9. The summed E-state index contributed by atoms with van der Waals surface area (Å²) in [6.07, 6.45) is -0.414. The Morgan fingerprint density at radius 1 is 0.581 bits per heavy atom. The summed E-state index contributed by atoms with van der Waals surface area (Å²) in [6.45, 7) is 0. The van der Waals surface area contributed by atoms with Gasteiger partial charge in [0.25, 0.3) is 0 Å². The summed E-state index contributed by atoms with van der Waals surface area (Å²) >= 11 is 0. The SMILES string of the molecule is [Cu].[OH2+]/C(=N\N=C/c1cccc(C(F)(F)F)c1)c1ccncc1.[OH2+]/C(=N\N=C/c1cccc(C(F)(F)F)c1)c1ccncc1. The zero-order chi connectivity index (χ0) is 30.6. The number of rotatable bonds is 6. The van der Waals surface area contributed by atoms with Gasteiger partial charge in [0.05, 0.1) is 34.7 Å². The fraction of sp³-hybridized carbons (Fsp3) is 0.0714. The molecule has 0 aliphatic rings. The molecule has 0 fully saturated rings. The van der Waals surface area contributed by atoms with Gasteiger partial charge in [0.2, 0.25) is 0 Å². The van der Waals surface area contributed by atoms with Crippen LogP contribution in [0.4, 0.5) is 26.3 Å².